The summed E-state index contributed by atoms with van der Waals surface area (Å²) in [5, 5.41) is 2.57. The molecule has 5 nitrogen and oxygen atoms in total. The molecule has 0 saturated carbocycles. The molecular formula is C11H20N2O3. The Morgan fingerprint density at radius 1 is 1.50 bits per heavy atom. The first-order valence-corrected chi connectivity index (χ1v) is 5.13. The van der Waals surface area contributed by atoms with Gasteiger partial charge in [-0.1, -0.05) is 6.08 Å². The number of hydrogen-bond donors (Lipinski definition) is 2. The van der Waals surface area contributed by atoms with E-state index in [-0.39, 0.29) is 12.5 Å². The van der Waals surface area contributed by atoms with Gasteiger partial charge in [0.25, 0.3) is 0 Å². The summed E-state index contributed by atoms with van der Waals surface area (Å²) in [6, 6.07) is -0.357. The van der Waals surface area contributed by atoms with Crippen LogP contribution in [0.15, 0.2) is 12.7 Å². The summed E-state index contributed by atoms with van der Waals surface area (Å²) >= 11 is 0. The third-order valence-corrected chi connectivity index (χ3v) is 1.62. The van der Waals surface area contributed by atoms with Crippen LogP contribution in [0.5, 0.6) is 0 Å². The molecule has 0 aliphatic rings. The second-order valence-corrected chi connectivity index (χ2v) is 4.54. The number of nitrogens with one attached hydrogen (secondary N) is 1. The van der Waals surface area contributed by atoms with Crippen LogP contribution in [0.4, 0.5) is 4.79 Å². The molecule has 0 saturated heterocycles. The molecule has 0 aromatic carbocycles. The average molecular weight is 228 g/mol. The maximum Gasteiger partial charge on any atom is 0.407 e. The highest BCUT2D eigenvalue weighted by Gasteiger charge is 2.19. The van der Waals surface area contributed by atoms with Crippen molar-refractivity contribution in [2.45, 2.75) is 45.3 Å². The van der Waals surface area contributed by atoms with E-state index in [1.807, 2.05) is 0 Å². The largest absolute Gasteiger partial charge is 0.444 e. The lowest BCUT2D eigenvalue weighted by Gasteiger charge is -2.22. The van der Waals surface area contributed by atoms with Crippen LogP contribution in [0.3, 0.4) is 0 Å². The van der Waals surface area contributed by atoms with Gasteiger partial charge in [-0.2, -0.15) is 0 Å². The molecule has 0 bridgehead atoms. The molecule has 0 aromatic rings. The van der Waals surface area contributed by atoms with Crippen molar-refractivity contribution in [2.75, 3.05) is 0 Å². The van der Waals surface area contributed by atoms with Gasteiger partial charge >= 0.3 is 6.09 Å². The number of carbonyl (C=O) groups is 2. The third-order valence-electron chi connectivity index (χ3n) is 1.62. The summed E-state index contributed by atoms with van der Waals surface area (Å²) in [6.45, 7) is 8.85. The lowest BCUT2D eigenvalue weighted by atomic mass is 10.1. The molecule has 3 N–H and O–H groups in total. The molecule has 0 radical (unpaired) electrons. The van der Waals surface area contributed by atoms with E-state index in [0.717, 1.165) is 0 Å². The number of primary amides is 1. The van der Waals surface area contributed by atoms with E-state index < -0.39 is 17.6 Å². The third kappa shape index (κ3) is 7.84. The predicted octanol–water partition coefficient (Wildman–Crippen LogP) is 1.33. The summed E-state index contributed by atoms with van der Waals surface area (Å²) in [5.41, 5.74) is 4.50. The minimum atomic E-state index is -0.560. The molecule has 2 amide bonds. The van der Waals surface area contributed by atoms with Gasteiger partial charge in [0.2, 0.25) is 5.91 Å². The number of rotatable bonds is 5. The van der Waals surface area contributed by atoms with Crippen LogP contribution in [0.1, 0.15) is 33.6 Å². The van der Waals surface area contributed by atoms with Crippen LogP contribution in [0, 0.1) is 0 Å². The Morgan fingerprint density at radius 3 is 2.44 bits per heavy atom. The first-order chi connectivity index (χ1) is 7.24. The van der Waals surface area contributed by atoms with Crippen LogP contribution in [0.25, 0.3) is 0 Å². The summed E-state index contributed by atoms with van der Waals surface area (Å²) in [4.78, 5) is 22.2. The average Bonchev–Trinajstić information content (AvgIpc) is 1.98. The predicted molar refractivity (Wildman–Crippen MR) is 61.8 cm³/mol. The molecular weight excluding hydrogens is 208 g/mol. The topological polar surface area (TPSA) is 81.4 Å². The van der Waals surface area contributed by atoms with Crippen molar-refractivity contribution in [2.24, 2.45) is 5.73 Å². The number of ether oxygens (including phenoxy) is 1. The minimum Gasteiger partial charge on any atom is -0.444 e. The Labute approximate surface area is 96.0 Å². The maximum absolute atomic E-state index is 11.4. The van der Waals surface area contributed by atoms with Gasteiger partial charge in [-0.3, -0.25) is 4.79 Å². The van der Waals surface area contributed by atoms with E-state index >= 15 is 0 Å². The standard InChI is InChI=1S/C11H20N2O3/c1-5-6-8(7-9(12)14)13-10(15)16-11(2,3)4/h5,8H,1,6-7H2,2-4H3,(H2,12,14)(H,13,15)/t8-/m1/s1. The number of amides is 2. The van der Waals surface area contributed by atoms with E-state index in [4.69, 9.17) is 10.5 Å². The van der Waals surface area contributed by atoms with Gasteiger partial charge in [0.1, 0.15) is 5.60 Å². The van der Waals surface area contributed by atoms with E-state index in [1.165, 1.54) is 0 Å². The smallest absolute Gasteiger partial charge is 0.407 e. The molecule has 1 atom stereocenters. The highest BCUT2D eigenvalue weighted by Crippen LogP contribution is 2.08. The fraction of sp³-hybridized carbons (Fsp3) is 0.636. The van der Waals surface area contributed by atoms with Crippen molar-refractivity contribution in [3.63, 3.8) is 0 Å². The molecule has 0 aromatic heterocycles. The normalized spacial score (nSPS) is 12.7. The van der Waals surface area contributed by atoms with Gasteiger partial charge in [-0.05, 0) is 27.2 Å². The number of hydrogen-bond acceptors (Lipinski definition) is 3. The molecule has 5 heteroatoms. The fourth-order valence-corrected chi connectivity index (χ4v) is 1.11. The zero-order valence-corrected chi connectivity index (χ0v) is 10.1. The highest BCUT2D eigenvalue weighted by atomic mass is 16.6. The van der Waals surface area contributed by atoms with Crippen molar-refractivity contribution in [3.05, 3.63) is 12.7 Å². The SMILES string of the molecule is C=CC[C@H](CC(N)=O)NC(=O)OC(C)(C)C. The number of carbonyl (C=O) groups excluding carboxylic acids is 2. The fourth-order valence-electron chi connectivity index (χ4n) is 1.11. The van der Waals surface area contributed by atoms with E-state index in [2.05, 4.69) is 11.9 Å². The summed E-state index contributed by atoms with van der Waals surface area (Å²) in [7, 11) is 0. The van der Waals surface area contributed by atoms with Gasteiger partial charge in [0.15, 0.2) is 0 Å². The van der Waals surface area contributed by atoms with Crippen LogP contribution in [-0.2, 0) is 9.53 Å². The summed E-state index contributed by atoms with van der Waals surface area (Å²) < 4.78 is 5.06. The number of alkyl carbamates (subject to hydrolysis) is 1. The summed E-state index contributed by atoms with van der Waals surface area (Å²) in [6.07, 6.45) is 1.61. The van der Waals surface area contributed by atoms with Crippen molar-refractivity contribution in [1.29, 1.82) is 0 Å². The van der Waals surface area contributed by atoms with Crippen molar-refractivity contribution in [3.8, 4) is 0 Å². The minimum absolute atomic E-state index is 0.0747. The molecule has 16 heavy (non-hydrogen) atoms. The summed E-state index contributed by atoms with van der Waals surface area (Å²) in [5.74, 6) is -0.470. The van der Waals surface area contributed by atoms with Gasteiger partial charge in [0.05, 0.1) is 0 Å². The van der Waals surface area contributed by atoms with E-state index in [9.17, 15) is 9.59 Å². The molecule has 0 rings (SSSR count). The lowest BCUT2D eigenvalue weighted by Crippen LogP contribution is -2.40. The first kappa shape index (κ1) is 14.5. The van der Waals surface area contributed by atoms with Crippen LogP contribution in [0.2, 0.25) is 0 Å². The molecule has 0 spiro atoms. The molecule has 0 aliphatic carbocycles. The Morgan fingerprint density at radius 2 is 2.06 bits per heavy atom. The molecule has 0 fully saturated rings. The Kier molecular flexibility index (Phi) is 5.56. The van der Waals surface area contributed by atoms with E-state index in [1.54, 1.807) is 26.8 Å². The van der Waals surface area contributed by atoms with Gasteiger partial charge in [-0.15, -0.1) is 6.58 Å². The zero-order chi connectivity index (χ0) is 12.8. The Hall–Kier alpha value is -1.52. The second-order valence-electron chi connectivity index (χ2n) is 4.54. The van der Waals surface area contributed by atoms with Crippen LogP contribution >= 0.6 is 0 Å². The molecule has 0 unspecified atom stereocenters. The molecule has 92 valence electrons. The van der Waals surface area contributed by atoms with Gasteiger partial charge < -0.3 is 15.8 Å². The van der Waals surface area contributed by atoms with Gasteiger partial charge in [-0.25, -0.2) is 4.79 Å². The highest BCUT2D eigenvalue weighted by molar-refractivity contribution is 5.76. The van der Waals surface area contributed by atoms with Crippen molar-refractivity contribution >= 4 is 12.0 Å². The Bertz CT molecular complexity index is 269. The maximum atomic E-state index is 11.4. The Balaban J connectivity index is 4.22. The monoisotopic (exact) mass is 228 g/mol. The number of nitrogens with two attached hydrogens (primary N) is 1. The van der Waals surface area contributed by atoms with Crippen molar-refractivity contribution < 1.29 is 14.3 Å². The second kappa shape index (κ2) is 6.15. The quantitative estimate of drug-likeness (QED) is 0.696. The first-order valence-electron chi connectivity index (χ1n) is 5.13. The van der Waals surface area contributed by atoms with Crippen LogP contribution < -0.4 is 11.1 Å². The molecule has 0 heterocycles. The lowest BCUT2D eigenvalue weighted by molar-refractivity contribution is -0.118. The zero-order valence-electron chi connectivity index (χ0n) is 10.1. The van der Waals surface area contributed by atoms with Crippen molar-refractivity contribution in [1.82, 2.24) is 5.32 Å². The van der Waals surface area contributed by atoms with E-state index in [0.29, 0.717) is 6.42 Å². The van der Waals surface area contributed by atoms with Crippen LogP contribution in [-0.4, -0.2) is 23.6 Å². The molecule has 0 aliphatic heterocycles. The van der Waals surface area contributed by atoms with Gasteiger partial charge in [0, 0.05) is 12.5 Å².